The van der Waals surface area contributed by atoms with Crippen molar-refractivity contribution in [2.24, 2.45) is 17.8 Å². The Labute approximate surface area is 205 Å². The molecule has 5 aliphatic rings. The molecule has 1 heterocycles. The number of carbonyl (C=O) groups excluding carboxylic acids is 1. The van der Waals surface area contributed by atoms with Crippen LogP contribution in [0.15, 0.2) is 24.3 Å². The molecule has 1 aromatic heterocycles. The average molecular weight is 479 g/mol. The number of nitrogens with one attached hydrogen (secondary N) is 1. The minimum atomic E-state index is -1.03. The molecular weight excluding hydrogens is 444 g/mol. The summed E-state index contributed by atoms with van der Waals surface area (Å²) in [5.74, 6) is 0.933. The van der Waals surface area contributed by atoms with Crippen LogP contribution in [0.1, 0.15) is 103 Å². The standard InChI is InChI=1S/C27H34N4O4/c32-25(28-21-6-4-5-20(12-21)26(33)34)24-23(29-31(30-24)22-7-2-1-3-8-22)16-35-27-13-17-9-18(14-27)11-19(10-17)15-27/h4-6,12,17-19,22H,1-3,7-11,13-16H2,(H,28,32)(H,33,34). The van der Waals surface area contributed by atoms with Gasteiger partial charge in [0.15, 0.2) is 5.69 Å². The maximum absolute atomic E-state index is 13.3. The largest absolute Gasteiger partial charge is 0.478 e. The summed E-state index contributed by atoms with van der Waals surface area (Å²) in [6, 6.07) is 6.47. The lowest BCUT2D eigenvalue weighted by Crippen LogP contribution is -2.51. The molecule has 0 radical (unpaired) electrons. The third-order valence-corrected chi connectivity index (χ3v) is 8.68. The Morgan fingerprint density at radius 1 is 1.03 bits per heavy atom. The Hall–Kier alpha value is -2.74. The van der Waals surface area contributed by atoms with Crippen LogP contribution in [0, 0.1) is 17.8 Å². The van der Waals surface area contributed by atoms with Gasteiger partial charge in [-0.05, 0) is 87.3 Å². The third-order valence-electron chi connectivity index (χ3n) is 8.68. The number of rotatable bonds is 7. The topological polar surface area (TPSA) is 106 Å². The van der Waals surface area contributed by atoms with Gasteiger partial charge in [0.05, 0.1) is 23.8 Å². The first kappa shape index (κ1) is 22.7. The van der Waals surface area contributed by atoms with Crippen molar-refractivity contribution in [2.75, 3.05) is 5.32 Å². The van der Waals surface area contributed by atoms with Crippen LogP contribution in [-0.4, -0.2) is 37.6 Å². The van der Waals surface area contributed by atoms with Gasteiger partial charge < -0.3 is 15.2 Å². The number of benzene rings is 1. The number of aromatic carboxylic acids is 1. The van der Waals surface area contributed by atoms with Crippen molar-refractivity contribution in [3.63, 3.8) is 0 Å². The molecule has 2 aromatic rings. The lowest BCUT2D eigenvalue weighted by molar-refractivity contribution is -0.169. The normalized spacial score (nSPS) is 29.9. The molecule has 0 unspecified atom stereocenters. The summed E-state index contributed by atoms with van der Waals surface area (Å²) < 4.78 is 6.65. The average Bonchev–Trinajstić information content (AvgIpc) is 3.27. The summed E-state index contributed by atoms with van der Waals surface area (Å²) in [5, 5.41) is 21.5. The van der Waals surface area contributed by atoms with Crippen LogP contribution in [0.5, 0.6) is 0 Å². The zero-order valence-electron chi connectivity index (χ0n) is 20.1. The van der Waals surface area contributed by atoms with E-state index in [1.54, 1.807) is 16.9 Å². The lowest BCUT2D eigenvalue weighted by Gasteiger charge is -2.56. The van der Waals surface area contributed by atoms with Gasteiger partial charge in [-0.15, -0.1) is 5.10 Å². The molecule has 5 aliphatic carbocycles. The van der Waals surface area contributed by atoms with Crippen molar-refractivity contribution in [1.29, 1.82) is 0 Å². The summed E-state index contributed by atoms with van der Waals surface area (Å²) >= 11 is 0. The van der Waals surface area contributed by atoms with Crippen LogP contribution in [0.4, 0.5) is 5.69 Å². The predicted molar refractivity (Wildman–Crippen MR) is 129 cm³/mol. The number of aromatic nitrogens is 3. The second-order valence-corrected chi connectivity index (χ2v) is 11.3. The molecule has 4 bridgehead atoms. The number of ether oxygens (including phenoxy) is 1. The molecule has 7 rings (SSSR count). The van der Waals surface area contributed by atoms with E-state index in [0.29, 0.717) is 11.4 Å². The van der Waals surface area contributed by atoms with Gasteiger partial charge in [-0.1, -0.05) is 25.3 Å². The monoisotopic (exact) mass is 478 g/mol. The first-order chi connectivity index (χ1) is 17.0. The van der Waals surface area contributed by atoms with Gasteiger partial charge in [0.25, 0.3) is 5.91 Å². The molecule has 2 N–H and O–H groups in total. The summed E-state index contributed by atoms with van der Waals surface area (Å²) in [4.78, 5) is 26.4. The van der Waals surface area contributed by atoms with Crippen molar-refractivity contribution >= 4 is 17.6 Å². The van der Waals surface area contributed by atoms with Gasteiger partial charge in [-0.25, -0.2) is 4.79 Å². The van der Waals surface area contributed by atoms with E-state index in [1.807, 2.05) is 0 Å². The zero-order chi connectivity index (χ0) is 24.0. The fraction of sp³-hybridized carbons (Fsp3) is 0.630. The Kier molecular flexibility index (Phi) is 5.87. The number of hydrogen-bond donors (Lipinski definition) is 2. The number of anilines is 1. The molecule has 0 spiro atoms. The molecule has 8 heteroatoms. The van der Waals surface area contributed by atoms with Gasteiger partial charge >= 0.3 is 5.97 Å². The highest BCUT2D eigenvalue weighted by atomic mass is 16.5. The summed E-state index contributed by atoms with van der Waals surface area (Å²) in [6.07, 6.45) is 13.0. The lowest BCUT2D eigenvalue weighted by atomic mass is 9.54. The first-order valence-corrected chi connectivity index (χ1v) is 13.2. The number of hydrogen-bond acceptors (Lipinski definition) is 5. The molecule has 5 fully saturated rings. The van der Waals surface area contributed by atoms with Crippen LogP contribution in [0.3, 0.4) is 0 Å². The van der Waals surface area contributed by atoms with Crippen molar-refractivity contribution in [1.82, 2.24) is 15.0 Å². The quantitative estimate of drug-likeness (QED) is 0.565. The van der Waals surface area contributed by atoms with Gasteiger partial charge in [-0.3, -0.25) is 4.79 Å². The summed E-state index contributed by atoms with van der Waals surface area (Å²) in [7, 11) is 0. The van der Waals surface area contributed by atoms with Crippen LogP contribution in [0.2, 0.25) is 0 Å². The Morgan fingerprint density at radius 2 is 1.71 bits per heavy atom. The number of carboxylic acid groups (broad SMARTS) is 1. The minimum Gasteiger partial charge on any atom is -0.478 e. The van der Waals surface area contributed by atoms with E-state index < -0.39 is 5.97 Å². The van der Waals surface area contributed by atoms with Crippen molar-refractivity contribution in [3.05, 3.63) is 41.2 Å². The number of carbonyl (C=O) groups is 2. The molecule has 5 saturated carbocycles. The second-order valence-electron chi connectivity index (χ2n) is 11.3. The molecule has 0 saturated heterocycles. The van der Waals surface area contributed by atoms with Crippen molar-refractivity contribution in [3.8, 4) is 0 Å². The van der Waals surface area contributed by atoms with Gasteiger partial charge in [0.2, 0.25) is 0 Å². The molecule has 186 valence electrons. The second kappa shape index (κ2) is 9.04. The van der Waals surface area contributed by atoms with E-state index in [-0.39, 0.29) is 35.4 Å². The molecule has 0 atom stereocenters. The Balaban J connectivity index is 1.24. The Morgan fingerprint density at radius 3 is 2.37 bits per heavy atom. The number of nitrogens with zero attached hydrogens (tertiary/aromatic N) is 3. The summed E-state index contributed by atoms with van der Waals surface area (Å²) in [6.45, 7) is 0.288. The molecule has 1 amide bonds. The number of carboxylic acids is 1. The molecule has 8 nitrogen and oxygen atoms in total. The van der Waals surface area contributed by atoms with Crippen LogP contribution < -0.4 is 5.32 Å². The highest BCUT2D eigenvalue weighted by Gasteiger charge is 2.51. The Bertz CT molecular complexity index is 1080. The van der Waals surface area contributed by atoms with Gasteiger partial charge in [0.1, 0.15) is 5.69 Å². The van der Waals surface area contributed by atoms with E-state index in [2.05, 4.69) is 10.4 Å². The fourth-order valence-corrected chi connectivity index (χ4v) is 7.45. The van der Waals surface area contributed by atoms with E-state index >= 15 is 0 Å². The van der Waals surface area contributed by atoms with Crippen LogP contribution in [-0.2, 0) is 11.3 Å². The first-order valence-electron chi connectivity index (χ1n) is 13.2. The van der Waals surface area contributed by atoms with Crippen molar-refractivity contribution < 1.29 is 19.4 Å². The SMILES string of the molecule is O=C(O)c1cccc(NC(=O)c2nn(C3CCCCC3)nc2COC23CC4CC(CC(C4)C2)C3)c1. The molecule has 1 aromatic carbocycles. The van der Waals surface area contributed by atoms with E-state index in [9.17, 15) is 14.7 Å². The fourth-order valence-electron chi connectivity index (χ4n) is 7.45. The van der Waals surface area contributed by atoms with Crippen LogP contribution >= 0.6 is 0 Å². The molecular formula is C27H34N4O4. The summed E-state index contributed by atoms with van der Waals surface area (Å²) in [5.41, 5.74) is 1.33. The van der Waals surface area contributed by atoms with Gasteiger partial charge in [0, 0.05) is 5.69 Å². The minimum absolute atomic E-state index is 0.0765. The van der Waals surface area contributed by atoms with Gasteiger partial charge in [-0.2, -0.15) is 9.90 Å². The molecule has 0 aliphatic heterocycles. The zero-order valence-corrected chi connectivity index (χ0v) is 20.1. The van der Waals surface area contributed by atoms with Crippen molar-refractivity contribution in [2.45, 2.75) is 88.9 Å². The maximum Gasteiger partial charge on any atom is 0.335 e. The van der Waals surface area contributed by atoms with Crippen LogP contribution in [0.25, 0.3) is 0 Å². The number of amides is 1. The maximum atomic E-state index is 13.3. The highest BCUT2D eigenvalue weighted by molar-refractivity contribution is 6.04. The molecule has 35 heavy (non-hydrogen) atoms. The third kappa shape index (κ3) is 4.60. The van der Waals surface area contributed by atoms with E-state index in [4.69, 9.17) is 9.84 Å². The van der Waals surface area contributed by atoms with E-state index in [1.165, 1.54) is 37.8 Å². The highest BCUT2D eigenvalue weighted by Crippen LogP contribution is 2.57. The van der Waals surface area contributed by atoms with E-state index in [0.717, 1.165) is 62.7 Å². The predicted octanol–water partition coefficient (Wildman–Crippen LogP) is 5.22. The smallest absolute Gasteiger partial charge is 0.335 e.